The molecule has 1 aromatic carbocycles. The van der Waals surface area contributed by atoms with Crippen LogP contribution in [0.1, 0.15) is 71.3 Å². The lowest BCUT2D eigenvalue weighted by Gasteiger charge is -2.41. The number of Topliss-reactive ketones (excluding diaryl/α,β-unsaturated/α-hetero) is 1. The van der Waals surface area contributed by atoms with E-state index in [4.69, 9.17) is 4.74 Å². The fourth-order valence-electron chi connectivity index (χ4n) is 6.36. The maximum atomic E-state index is 13.2. The van der Waals surface area contributed by atoms with Crippen LogP contribution in [-0.4, -0.2) is 17.9 Å². The Hall–Kier alpha value is -1.64. The number of rotatable bonds is 7. The summed E-state index contributed by atoms with van der Waals surface area (Å²) in [5.74, 6) is 2.13. The molecule has 0 N–H and O–H groups in total. The fourth-order valence-corrected chi connectivity index (χ4v) is 6.36. The molecule has 0 radical (unpaired) electrons. The van der Waals surface area contributed by atoms with Crippen LogP contribution >= 0.6 is 0 Å². The van der Waals surface area contributed by atoms with Gasteiger partial charge in [-0.2, -0.15) is 0 Å². The fraction of sp³-hybridized carbons (Fsp3) is 0.692. The molecule has 0 aliphatic heterocycles. The first-order valence-electron chi connectivity index (χ1n) is 11.7. The van der Waals surface area contributed by atoms with Crippen LogP contribution in [-0.2, 0) is 20.7 Å². The Morgan fingerprint density at radius 3 is 2.52 bits per heavy atom. The summed E-state index contributed by atoms with van der Waals surface area (Å²) >= 11 is 0. The molecule has 3 heteroatoms. The Kier molecular flexibility index (Phi) is 5.86. The molecule has 0 amide bonds. The van der Waals surface area contributed by atoms with Gasteiger partial charge in [-0.15, -0.1) is 0 Å². The number of carbonyl (C=O) groups excluding carboxylic acids is 2. The topological polar surface area (TPSA) is 43.4 Å². The van der Waals surface area contributed by atoms with Crippen LogP contribution in [0, 0.1) is 35.0 Å². The Morgan fingerprint density at radius 1 is 1.10 bits per heavy atom. The number of carbonyl (C=O) groups is 2. The van der Waals surface area contributed by atoms with Crippen LogP contribution < -0.4 is 0 Å². The van der Waals surface area contributed by atoms with Gasteiger partial charge in [0.2, 0.25) is 0 Å². The molecule has 0 heterocycles. The van der Waals surface area contributed by atoms with E-state index in [9.17, 15) is 9.59 Å². The molecule has 3 nitrogen and oxygen atoms in total. The van der Waals surface area contributed by atoms with E-state index >= 15 is 0 Å². The standard InChI is InChI=1S/C26H36O3/c1-17(2)21-11-9-18(3)13-23(21)29-25(28)22-14-20-15-26(22,16-20)24(27)12-10-19-7-5-4-6-8-19/h4-8,17-18,20-23H,9-16H2,1-3H3/t18-,20?,21+,22?,23-,26?/m0/s1. The molecule has 4 aliphatic rings. The van der Waals surface area contributed by atoms with Gasteiger partial charge in [-0.1, -0.05) is 57.5 Å². The van der Waals surface area contributed by atoms with Gasteiger partial charge in [0, 0.05) is 11.8 Å². The summed E-state index contributed by atoms with van der Waals surface area (Å²) in [6.07, 6.45) is 7.32. The first kappa shape index (κ1) is 20.6. The summed E-state index contributed by atoms with van der Waals surface area (Å²) in [7, 11) is 0. The van der Waals surface area contributed by atoms with Crippen LogP contribution in [0.15, 0.2) is 30.3 Å². The summed E-state index contributed by atoms with van der Waals surface area (Å²) in [5.41, 5.74) is 0.769. The molecule has 5 rings (SSSR count). The van der Waals surface area contributed by atoms with E-state index in [2.05, 4.69) is 32.9 Å². The van der Waals surface area contributed by atoms with E-state index in [0.717, 1.165) is 38.5 Å². The highest BCUT2D eigenvalue weighted by Gasteiger charge is 2.64. The molecule has 4 saturated carbocycles. The number of benzene rings is 1. The minimum absolute atomic E-state index is 0.0283. The third kappa shape index (κ3) is 4.02. The quantitative estimate of drug-likeness (QED) is 0.563. The molecule has 4 atom stereocenters. The number of esters is 1. The Labute approximate surface area is 175 Å². The lowest BCUT2D eigenvalue weighted by atomic mass is 9.63. The zero-order valence-electron chi connectivity index (χ0n) is 18.2. The normalized spacial score (nSPS) is 35.9. The number of fused-ring (bicyclic) bond motifs is 1. The molecule has 0 spiro atoms. The van der Waals surface area contributed by atoms with E-state index in [1.165, 1.54) is 12.0 Å². The van der Waals surface area contributed by atoms with E-state index in [0.29, 0.717) is 30.1 Å². The molecule has 1 aromatic rings. The molecule has 2 bridgehead atoms. The number of aryl methyl sites for hydroxylation is 1. The van der Waals surface area contributed by atoms with Crippen molar-refractivity contribution in [1.29, 1.82) is 0 Å². The smallest absolute Gasteiger partial charge is 0.310 e. The molecule has 4 fully saturated rings. The highest BCUT2D eigenvalue weighted by molar-refractivity contribution is 5.92. The van der Waals surface area contributed by atoms with Crippen molar-refractivity contribution < 1.29 is 14.3 Å². The molecule has 29 heavy (non-hydrogen) atoms. The molecule has 0 saturated heterocycles. The zero-order valence-corrected chi connectivity index (χ0v) is 18.2. The molecule has 1 unspecified atom stereocenters. The van der Waals surface area contributed by atoms with E-state index in [1.807, 2.05) is 18.2 Å². The minimum atomic E-state index is -0.426. The summed E-state index contributed by atoms with van der Waals surface area (Å²) in [6, 6.07) is 10.2. The van der Waals surface area contributed by atoms with Crippen LogP contribution in [0.2, 0.25) is 0 Å². The van der Waals surface area contributed by atoms with Gasteiger partial charge in [0.15, 0.2) is 0 Å². The van der Waals surface area contributed by atoms with Gasteiger partial charge in [-0.05, 0) is 67.8 Å². The van der Waals surface area contributed by atoms with Crippen LogP contribution in [0.4, 0.5) is 0 Å². The summed E-state index contributed by atoms with van der Waals surface area (Å²) < 4.78 is 6.16. The van der Waals surface area contributed by atoms with Gasteiger partial charge in [-0.3, -0.25) is 9.59 Å². The number of ether oxygens (including phenoxy) is 1. The average Bonchev–Trinajstić information content (AvgIpc) is 3.24. The number of hydrogen-bond donors (Lipinski definition) is 0. The maximum Gasteiger partial charge on any atom is 0.310 e. The van der Waals surface area contributed by atoms with Crippen molar-refractivity contribution in [3.63, 3.8) is 0 Å². The van der Waals surface area contributed by atoms with Crippen molar-refractivity contribution in [2.75, 3.05) is 0 Å². The average molecular weight is 397 g/mol. The van der Waals surface area contributed by atoms with Crippen molar-refractivity contribution in [3.8, 4) is 0 Å². The second-order valence-electron chi connectivity index (χ2n) is 10.4. The van der Waals surface area contributed by atoms with Gasteiger partial charge in [0.05, 0.1) is 5.92 Å². The lowest BCUT2D eigenvalue weighted by Crippen LogP contribution is -2.45. The molecule has 0 aromatic heterocycles. The first-order valence-corrected chi connectivity index (χ1v) is 11.7. The van der Waals surface area contributed by atoms with Crippen molar-refractivity contribution in [2.45, 2.75) is 78.2 Å². The first-order chi connectivity index (χ1) is 13.9. The Morgan fingerprint density at radius 2 is 1.83 bits per heavy atom. The van der Waals surface area contributed by atoms with E-state index < -0.39 is 5.41 Å². The van der Waals surface area contributed by atoms with Crippen LogP contribution in [0.5, 0.6) is 0 Å². The summed E-state index contributed by atoms with van der Waals surface area (Å²) in [6.45, 7) is 6.74. The third-order valence-electron chi connectivity index (χ3n) is 8.09. The van der Waals surface area contributed by atoms with Gasteiger partial charge >= 0.3 is 5.97 Å². The van der Waals surface area contributed by atoms with E-state index in [-0.39, 0.29) is 23.8 Å². The zero-order chi connectivity index (χ0) is 20.6. The van der Waals surface area contributed by atoms with Crippen LogP contribution in [0.25, 0.3) is 0 Å². The molecular formula is C26H36O3. The monoisotopic (exact) mass is 396 g/mol. The number of hydrogen-bond acceptors (Lipinski definition) is 3. The van der Waals surface area contributed by atoms with Crippen molar-refractivity contribution in [1.82, 2.24) is 0 Å². The predicted octanol–water partition coefficient (Wildman–Crippen LogP) is 5.61. The van der Waals surface area contributed by atoms with Crippen LogP contribution in [0.3, 0.4) is 0 Å². The summed E-state index contributed by atoms with van der Waals surface area (Å²) in [4.78, 5) is 26.4. The predicted molar refractivity (Wildman–Crippen MR) is 114 cm³/mol. The highest BCUT2D eigenvalue weighted by Crippen LogP contribution is 2.63. The lowest BCUT2D eigenvalue weighted by molar-refractivity contribution is -0.167. The molecule has 158 valence electrons. The Balaban J connectivity index is 1.41. The molecule has 4 aliphatic carbocycles. The van der Waals surface area contributed by atoms with Gasteiger partial charge in [0.25, 0.3) is 0 Å². The second kappa shape index (κ2) is 8.24. The van der Waals surface area contributed by atoms with Crippen molar-refractivity contribution in [3.05, 3.63) is 35.9 Å². The largest absolute Gasteiger partial charge is 0.462 e. The molecular weight excluding hydrogens is 360 g/mol. The summed E-state index contributed by atoms with van der Waals surface area (Å²) in [5, 5.41) is 0. The van der Waals surface area contributed by atoms with E-state index in [1.54, 1.807) is 0 Å². The number of ketones is 1. The second-order valence-corrected chi connectivity index (χ2v) is 10.4. The van der Waals surface area contributed by atoms with Crippen molar-refractivity contribution in [2.24, 2.45) is 35.0 Å². The highest BCUT2D eigenvalue weighted by atomic mass is 16.5. The SMILES string of the molecule is CC(C)[C@H]1CC[C@H](C)C[C@@H]1OC(=O)C1CC2CC1(C(=O)CCc1ccccc1)C2. The van der Waals surface area contributed by atoms with Gasteiger partial charge < -0.3 is 4.74 Å². The van der Waals surface area contributed by atoms with Gasteiger partial charge in [-0.25, -0.2) is 0 Å². The van der Waals surface area contributed by atoms with Gasteiger partial charge in [0.1, 0.15) is 11.9 Å². The Bertz CT molecular complexity index is 732. The third-order valence-corrected chi connectivity index (χ3v) is 8.09. The van der Waals surface area contributed by atoms with Crippen molar-refractivity contribution >= 4 is 11.8 Å². The minimum Gasteiger partial charge on any atom is -0.462 e. The maximum absolute atomic E-state index is 13.2.